The average molecular weight is 314 g/mol. The number of pyridine rings is 2. The Hall–Kier alpha value is -1.74. The first kappa shape index (κ1) is 15.2. The van der Waals surface area contributed by atoms with Crippen molar-refractivity contribution in [1.29, 1.82) is 0 Å². The van der Waals surface area contributed by atoms with Crippen molar-refractivity contribution in [3.8, 4) is 0 Å². The maximum absolute atomic E-state index is 5.98. The van der Waals surface area contributed by atoms with E-state index in [1.807, 2.05) is 25.4 Å². The molecule has 4 heteroatoms. The van der Waals surface area contributed by atoms with Gasteiger partial charge in [-0.1, -0.05) is 30.7 Å². The minimum atomic E-state index is -0.230. The molecule has 114 valence electrons. The third-order valence-corrected chi connectivity index (χ3v) is 4.65. The van der Waals surface area contributed by atoms with Gasteiger partial charge in [-0.25, -0.2) is 4.98 Å². The van der Waals surface area contributed by atoms with Crippen molar-refractivity contribution in [2.75, 3.05) is 0 Å². The quantitative estimate of drug-likeness (QED) is 0.789. The van der Waals surface area contributed by atoms with Crippen molar-refractivity contribution >= 4 is 17.3 Å². The first-order chi connectivity index (χ1) is 10.6. The van der Waals surface area contributed by atoms with Crippen molar-refractivity contribution in [2.24, 2.45) is 4.99 Å². The summed E-state index contributed by atoms with van der Waals surface area (Å²) in [4.78, 5) is 13.7. The van der Waals surface area contributed by atoms with Gasteiger partial charge in [-0.05, 0) is 49.9 Å². The molecule has 0 saturated heterocycles. The lowest BCUT2D eigenvalue weighted by Crippen LogP contribution is -2.34. The van der Waals surface area contributed by atoms with Crippen molar-refractivity contribution in [2.45, 2.75) is 45.1 Å². The van der Waals surface area contributed by atoms with Crippen LogP contribution in [0.3, 0.4) is 0 Å². The summed E-state index contributed by atoms with van der Waals surface area (Å²) in [5.41, 5.74) is 4.33. The molecule has 0 fully saturated rings. The number of hydrogen-bond donors (Lipinski definition) is 0. The zero-order valence-electron chi connectivity index (χ0n) is 13.2. The molecule has 0 aromatic carbocycles. The Bertz CT molecular complexity index is 644. The van der Waals surface area contributed by atoms with Gasteiger partial charge in [-0.2, -0.15) is 0 Å². The largest absolute Gasteiger partial charge is 0.290 e. The van der Waals surface area contributed by atoms with Gasteiger partial charge in [0.05, 0.1) is 5.41 Å². The van der Waals surface area contributed by atoms with E-state index in [4.69, 9.17) is 16.6 Å². The fraction of sp³-hybridized carbons (Fsp3) is 0.389. The summed E-state index contributed by atoms with van der Waals surface area (Å²) >= 11 is 5.98. The zero-order valence-corrected chi connectivity index (χ0v) is 13.9. The highest BCUT2D eigenvalue weighted by Crippen LogP contribution is 2.43. The second-order valence-corrected chi connectivity index (χ2v) is 6.33. The van der Waals surface area contributed by atoms with Crippen LogP contribution >= 0.6 is 11.6 Å². The van der Waals surface area contributed by atoms with Gasteiger partial charge >= 0.3 is 0 Å². The second-order valence-electron chi connectivity index (χ2n) is 5.95. The molecule has 0 aliphatic carbocycles. The SMILES string of the molecule is CCC1=N[C@@H](C)CC1(c1ccc(C)nc1)c1ccc(Cl)nc1. The van der Waals surface area contributed by atoms with Gasteiger partial charge in [0.25, 0.3) is 0 Å². The van der Waals surface area contributed by atoms with Crippen LogP contribution in [0, 0.1) is 6.92 Å². The number of aliphatic imine (C=N–C) groups is 1. The molecule has 3 nitrogen and oxygen atoms in total. The Morgan fingerprint density at radius 1 is 1.14 bits per heavy atom. The van der Waals surface area contributed by atoms with Crippen LogP contribution < -0.4 is 0 Å². The molecule has 0 saturated carbocycles. The molecule has 0 N–H and O–H groups in total. The molecule has 3 rings (SSSR count). The van der Waals surface area contributed by atoms with Gasteiger partial charge < -0.3 is 0 Å². The smallest absolute Gasteiger partial charge is 0.129 e. The third kappa shape index (κ3) is 2.44. The van der Waals surface area contributed by atoms with Gasteiger partial charge in [-0.3, -0.25) is 9.98 Å². The van der Waals surface area contributed by atoms with E-state index in [0.717, 1.165) is 24.1 Å². The van der Waals surface area contributed by atoms with Crippen molar-refractivity contribution in [3.63, 3.8) is 0 Å². The summed E-state index contributed by atoms with van der Waals surface area (Å²) in [6.07, 6.45) is 5.73. The molecule has 2 aromatic rings. The van der Waals surface area contributed by atoms with Crippen LogP contribution in [0.15, 0.2) is 41.7 Å². The topological polar surface area (TPSA) is 38.1 Å². The Morgan fingerprint density at radius 2 is 1.82 bits per heavy atom. The van der Waals surface area contributed by atoms with E-state index in [2.05, 4.69) is 42.0 Å². The normalized spacial score (nSPS) is 24.4. The highest BCUT2D eigenvalue weighted by Gasteiger charge is 2.44. The second kappa shape index (κ2) is 5.81. The molecular formula is C18H20ClN3. The number of nitrogens with zero attached hydrogens (tertiary/aromatic N) is 3. The average Bonchev–Trinajstić information content (AvgIpc) is 2.86. The maximum atomic E-state index is 5.98. The van der Waals surface area contributed by atoms with Gasteiger partial charge in [0.15, 0.2) is 0 Å². The molecule has 0 radical (unpaired) electrons. The highest BCUT2D eigenvalue weighted by molar-refractivity contribution is 6.29. The van der Waals surface area contributed by atoms with E-state index >= 15 is 0 Å². The number of rotatable bonds is 3. The molecular weight excluding hydrogens is 294 g/mol. The van der Waals surface area contributed by atoms with E-state index in [-0.39, 0.29) is 5.41 Å². The Kier molecular flexibility index (Phi) is 4.00. The summed E-state index contributed by atoms with van der Waals surface area (Å²) < 4.78 is 0. The lowest BCUT2D eigenvalue weighted by Gasteiger charge is -2.32. The molecule has 1 aliphatic heterocycles. The van der Waals surface area contributed by atoms with Crippen LogP contribution in [0.5, 0.6) is 0 Å². The van der Waals surface area contributed by atoms with Crippen LogP contribution in [0.1, 0.15) is 43.5 Å². The monoisotopic (exact) mass is 313 g/mol. The van der Waals surface area contributed by atoms with Gasteiger partial charge in [0.2, 0.25) is 0 Å². The molecule has 1 aliphatic rings. The molecule has 0 bridgehead atoms. The Morgan fingerprint density at radius 3 is 2.36 bits per heavy atom. The molecule has 2 aromatic heterocycles. The number of halogens is 1. The molecule has 3 heterocycles. The number of hydrogen-bond acceptors (Lipinski definition) is 3. The summed E-state index contributed by atoms with van der Waals surface area (Å²) in [6.45, 7) is 6.34. The first-order valence-electron chi connectivity index (χ1n) is 7.68. The molecule has 1 unspecified atom stereocenters. The van der Waals surface area contributed by atoms with Crippen LogP contribution in [0.4, 0.5) is 0 Å². The van der Waals surface area contributed by atoms with Gasteiger partial charge in [0, 0.05) is 29.8 Å². The molecule has 2 atom stereocenters. The third-order valence-electron chi connectivity index (χ3n) is 4.43. The van der Waals surface area contributed by atoms with E-state index < -0.39 is 0 Å². The lowest BCUT2D eigenvalue weighted by atomic mass is 9.69. The maximum Gasteiger partial charge on any atom is 0.129 e. The van der Waals surface area contributed by atoms with E-state index in [1.54, 1.807) is 0 Å². The predicted octanol–water partition coefficient (Wildman–Crippen LogP) is 4.37. The predicted molar refractivity (Wildman–Crippen MR) is 90.8 cm³/mol. The number of aromatic nitrogens is 2. The van der Waals surface area contributed by atoms with E-state index in [1.165, 1.54) is 11.3 Å². The van der Waals surface area contributed by atoms with E-state index in [0.29, 0.717) is 11.2 Å². The minimum absolute atomic E-state index is 0.230. The van der Waals surface area contributed by atoms with E-state index in [9.17, 15) is 0 Å². The lowest BCUT2D eigenvalue weighted by molar-refractivity contribution is 0.587. The van der Waals surface area contributed by atoms with Crippen molar-refractivity contribution in [1.82, 2.24) is 9.97 Å². The standard InChI is InChI=1S/C18H20ClN3/c1-4-16-18(9-13(3)22-16,14-6-5-12(2)20-10-14)15-7-8-17(19)21-11-15/h5-8,10-11,13H,4,9H2,1-3H3/t13-,18?/m0/s1. The summed E-state index contributed by atoms with van der Waals surface area (Å²) in [6, 6.07) is 8.46. The molecule has 0 amide bonds. The number of aryl methyl sites for hydroxylation is 1. The fourth-order valence-corrected chi connectivity index (χ4v) is 3.57. The summed E-state index contributed by atoms with van der Waals surface area (Å²) in [5, 5.41) is 0.516. The Balaban J connectivity index is 2.21. The van der Waals surface area contributed by atoms with Crippen LogP contribution in [-0.2, 0) is 5.41 Å². The Labute approximate surface area is 136 Å². The highest BCUT2D eigenvalue weighted by atomic mass is 35.5. The van der Waals surface area contributed by atoms with Crippen LogP contribution in [0.2, 0.25) is 5.15 Å². The van der Waals surface area contributed by atoms with Crippen LogP contribution in [0.25, 0.3) is 0 Å². The minimum Gasteiger partial charge on any atom is -0.290 e. The molecule has 0 spiro atoms. The van der Waals surface area contributed by atoms with Gasteiger partial charge in [-0.15, -0.1) is 0 Å². The van der Waals surface area contributed by atoms with Crippen molar-refractivity contribution in [3.05, 3.63) is 58.6 Å². The summed E-state index contributed by atoms with van der Waals surface area (Å²) in [5.74, 6) is 0. The van der Waals surface area contributed by atoms with Crippen LogP contribution in [-0.4, -0.2) is 21.7 Å². The fourth-order valence-electron chi connectivity index (χ4n) is 3.46. The van der Waals surface area contributed by atoms with Gasteiger partial charge in [0.1, 0.15) is 5.15 Å². The van der Waals surface area contributed by atoms with Crippen molar-refractivity contribution < 1.29 is 0 Å². The summed E-state index contributed by atoms with van der Waals surface area (Å²) in [7, 11) is 0. The first-order valence-corrected chi connectivity index (χ1v) is 8.06. The molecule has 22 heavy (non-hydrogen) atoms. The zero-order chi connectivity index (χ0) is 15.7.